The smallest absolute Gasteiger partial charge is 0.278 e. The minimum Gasteiger partial charge on any atom is -0.497 e. The van der Waals surface area contributed by atoms with Gasteiger partial charge in [0.1, 0.15) is 11.4 Å². The molecule has 2 amide bonds. The van der Waals surface area contributed by atoms with Crippen LogP contribution in [0.3, 0.4) is 0 Å². The number of amides is 2. The van der Waals surface area contributed by atoms with Crippen LogP contribution in [0, 0.1) is 6.92 Å². The Labute approximate surface area is 152 Å². The molecule has 0 spiro atoms. The normalized spacial score (nSPS) is 14.0. The third-order valence-corrected chi connectivity index (χ3v) is 4.18. The van der Waals surface area contributed by atoms with Crippen molar-refractivity contribution in [3.8, 4) is 5.75 Å². The molecular formula is C21H20N2O3. The van der Waals surface area contributed by atoms with Crippen molar-refractivity contribution in [3.63, 3.8) is 0 Å². The molecule has 5 heteroatoms. The molecule has 0 unspecified atom stereocenters. The molecule has 0 aliphatic carbocycles. The van der Waals surface area contributed by atoms with E-state index >= 15 is 0 Å². The van der Waals surface area contributed by atoms with Crippen molar-refractivity contribution < 1.29 is 14.3 Å². The third-order valence-electron chi connectivity index (χ3n) is 4.18. The van der Waals surface area contributed by atoms with Gasteiger partial charge in [-0.15, -0.1) is 6.58 Å². The largest absolute Gasteiger partial charge is 0.497 e. The molecule has 2 aromatic rings. The number of rotatable bonds is 6. The Morgan fingerprint density at radius 3 is 2.27 bits per heavy atom. The lowest BCUT2D eigenvalue weighted by molar-refractivity contribution is -0.136. The van der Waals surface area contributed by atoms with E-state index in [9.17, 15) is 9.59 Å². The number of hydrogen-bond donors (Lipinski definition) is 1. The summed E-state index contributed by atoms with van der Waals surface area (Å²) in [6.45, 7) is 5.78. The van der Waals surface area contributed by atoms with Crippen LogP contribution < -0.4 is 10.1 Å². The molecule has 1 aliphatic rings. The van der Waals surface area contributed by atoms with E-state index in [2.05, 4.69) is 11.9 Å². The average molecular weight is 348 g/mol. The van der Waals surface area contributed by atoms with Crippen molar-refractivity contribution in [3.05, 3.63) is 78.0 Å². The molecule has 26 heavy (non-hydrogen) atoms. The number of nitrogens with zero attached hydrogens (tertiary/aromatic N) is 1. The van der Waals surface area contributed by atoms with Crippen LogP contribution in [-0.2, 0) is 9.59 Å². The van der Waals surface area contributed by atoms with Crippen molar-refractivity contribution in [1.82, 2.24) is 4.90 Å². The molecule has 1 aliphatic heterocycles. The number of benzene rings is 2. The Bertz CT molecular complexity index is 880. The molecule has 0 atom stereocenters. The van der Waals surface area contributed by atoms with E-state index in [1.807, 2.05) is 31.2 Å². The van der Waals surface area contributed by atoms with Gasteiger partial charge in [-0.2, -0.15) is 0 Å². The Morgan fingerprint density at radius 1 is 1.04 bits per heavy atom. The molecule has 0 aromatic heterocycles. The molecule has 3 rings (SSSR count). The summed E-state index contributed by atoms with van der Waals surface area (Å²) in [5.41, 5.74) is 3.14. The van der Waals surface area contributed by atoms with Gasteiger partial charge in [-0.1, -0.05) is 35.9 Å². The highest BCUT2D eigenvalue weighted by molar-refractivity contribution is 6.36. The van der Waals surface area contributed by atoms with Crippen molar-refractivity contribution in [1.29, 1.82) is 0 Å². The quantitative estimate of drug-likeness (QED) is 0.642. The molecule has 0 saturated carbocycles. The number of hydrogen-bond acceptors (Lipinski definition) is 4. The van der Waals surface area contributed by atoms with Gasteiger partial charge in [0.15, 0.2) is 0 Å². The summed E-state index contributed by atoms with van der Waals surface area (Å²) in [6, 6.07) is 14.7. The second-order valence-corrected chi connectivity index (χ2v) is 5.98. The van der Waals surface area contributed by atoms with Crippen LogP contribution in [-0.4, -0.2) is 30.4 Å². The van der Waals surface area contributed by atoms with Crippen LogP contribution in [0.1, 0.15) is 11.1 Å². The molecule has 0 saturated heterocycles. The van der Waals surface area contributed by atoms with Crippen LogP contribution >= 0.6 is 0 Å². The second kappa shape index (κ2) is 7.27. The minimum absolute atomic E-state index is 0.163. The first-order valence-corrected chi connectivity index (χ1v) is 8.24. The zero-order valence-electron chi connectivity index (χ0n) is 14.8. The average Bonchev–Trinajstić information content (AvgIpc) is 2.88. The number of methoxy groups -OCH3 is 1. The SMILES string of the molecule is C=CCN1C(=O)C(Nc2ccc(C)cc2)=C(c2ccc(OC)cc2)C1=O. The van der Waals surface area contributed by atoms with Gasteiger partial charge in [0, 0.05) is 12.2 Å². The predicted octanol–water partition coefficient (Wildman–Crippen LogP) is 3.38. The summed E-state index contributed by atoms with van der Waals surface area (Å²) in [5, 5.41) is 3.12. The van der Waals surface area contributed by atoms with Crippen LogP contribution in [0.2, 0.25) is 0 Å². The minimum atomic E-state index is -0.360. The lowest BCUT2D eigenvalue weighted by Gasteiger charge is -2.12. The van der Waals surface area contributed by atoms with E-state index in [4.69, 9.17) is 4.74 Å². The van der Waals surface area contributed by atoms with E-state index in [0.717, 1.165) is 11.3 Å². The number of ether oxygens (including phenoxy) is 1. The molecule has 1 N–H and O–H groups in total. The van der Waals surface area contributed by atoms with E-state index in [-0.39, 0.29) is 24.1 Å². The summed E-state index contributed by atoms with van der Waals surface area (Å²) < 4.78 is 5.17. The van der Waals surface area contributed by atoms with Crippen molar-refractivity contribution >= 4 is 23.1 Å². The van der Waals surface area contributed by atoms with E-state index in [0.29, 0.717) is 16.9 Å². The zero-order chi connectivity index (χ0) is 18.7. The van der Waals surface area contributed by atoms with Crippen LogP contribution in [0.25, 0.3) is 5.57 Å². The highest BCUT2D eigenvalue weighted by Crippen LogP contribution is 2.31. The van der Waals surface area contributed by atoms with Gasteiger partial charge in [-0.3, -0.25) is 14.5 Å². The number of aryl methyl sites for hydroxylation is 1. The number of imide groups is 1. The maximum Gasteiger partial charge on any atom is 0.278 e. The first-order chi connectivity index (χ1) is 12.5. The fraction of sp³-hybridized carbons (Fsp3) is 0.143. The summed E-state index contributed by atoms with van der Waals surface area (Å²) >= 11 is 0. The topological polar surface area (TPSA) is 58.6 Å². The monoisotopic (exact) mass is 348 g/mol. The van der Waals surface area contributed by atoms with Gasteiger partial charge in [0.25, 0.3) is 11.8 Å². The summed E-state index contributed by atoms with van der Waals surface area (Å²) in [7, 11) is 1.58. The number of anilines is 1. The van der Waals surface area contributed by atoms with Gasteiger partial charge in [-0.25, -0.2) is 0 Å². The van der Waals surface area contributed by atoms with Crippen LogP contribution in [0.4, 0.5) is 5.69 Å². The van der Waals surface area contributed by atoms with Crippen molar-refractivity contribution in [2.75, 3.05) is 19.0 Å². The Morgan fingerprint density at radius 2 is 1.69 bits per heavy atom. The predicted molar refractivity (Wildman–Crippen MR) is 102 cm³/mol. The molecule has 2 aromatic carbocycles. The standard InChI is InChI=1S/C21H20N2O3/c1-4-13-23-20(24)18(15-7-11-17(26-3)12-8-15)19(21(23)25)22-16-9-5-14(2)6-10-16/h4-12,22H,1,13H2,2-3H3. The maximum atomic E-state index is 12.8. The van der Waals surface area contributed by atoms with E-state index < -0.39 is 0 Å². The Balaban J connectivity index is 2.05. The highest BCUT2D eigenvalue weighted by Gasteiger charge is 2.38. The van der Waals surface area contributed by atoms with E-state index in [1.165, 1.54) is 11.0 Å². The molecule has 132 valence electrons. The molecular weight excluding hydrogens is 328 g/mol. The molecule has 1 heterocycles. The number of nitrogens with one attached hydrogen (secondary N) is 1. The van der Waals surface area contributed by atoms with Gasteiger partial charge in [0.05, 0.1) is 12.7 Å². The summed E-state index contributed by atoms with van der Waals surface area (Å²) in [6.07, 6.45) is 1.54. The van der Waals surface area contributed by atoms with Gasteiger partial charge >= 0.3 is 0 Å². The molecule has 0 fully saturated rings. The fourth-order valence-corrected chi connectivity index (χ4v) is 2.79. The number of carbonyl (C=O) groups is 2. The number of carbonyl (C=O) groups excluding carboxylic acids is 2. The molecule has 0 radical (unpaired) electrons. The highest BCUT2D eigenvalue weighted by atomic mass is 16.5. The first kappa shape index (κ1) is 17.5. The summed E-state index contributed by atoms with van der Waals surface area (Å²) in [4.78, 5) is 26.8. The van der Waals surface area contributed by atoms with Crippen LogP contribution in [0.5, 0.6) is 5.75 Å². The Hall–Kier alpha value is -3.34. The van der Waals surface area contributed by atoms with Gasteiger partial charge in [0.2, 0.25) is 0 Å². The van der Waals surface area contributed by atoms with Crippen molar-refractivity contribution in [2.24, 2.45) is 0 Å². The lowest BCUT2D eigenvalue weighted by atomic mass is 10.0. The zero-order valence-corrected chi connectivity index (χ0v) is 14.8. The fourth-order valence-electron chi connectivity index (χ4n) is 2.79. The van der Waals surface area contributed by atoms with E-state index in [1.54, 1.807) is 31.4 Å². The van der Waals surface area contributed by atoms with Gasteiger partial charge in [-0.05, 0) is 36.8 Å². The van der Waals surface area contributed by atoms with Gasteiger partial charge < -0.3 is 10.1 Å². The maximum absolute atomic E-state index is 12.8. The van der Waals surface area contributed by atoms with Crippen LogP contribution in [0.15, 0.2) is 66.9 Å². The Kier molecular flexibility index (Phi) is 4.89. The third kappa shape index (κ3) is 3.24. The lowest BCUT2D eigenvalue weighted by Crippen LogP contribution is -2.32. The molecule has 5 nitrogen and oxygen atoms in total. The second-order valence-electron chi connectivity index (χ2n) is 5.98. The first-order valence-electron chi connectivity index (χ1n) is 8.24. The molecule has 0 bridgehead atoms. The summed E-state index contributed by atoms with van der Waals surface area (Å²) in [5.74, 6) is -0.0157. The van der Waals surface area contributed by atoms with Crippen molar-refractivity contribution in [2.45, 2.75) is 6.92 Å².